The Morgan fingerprint density at radius 2 is 1.54 bits per heavy atom. The lowest BCUT2D eigenvalue weighted by molar-refractivity contribution is -0.123. The molecule has 0 aromatic heterocycles. The van der Waals surface area contributed by atoms with Crippen molar-refractivity contribution >= 4 is 46.1 Å². The zero-order valence-corrected chi connectivity index (χ0v) is 27.0. The van der Waals surface area contributed by atoms with Crippen molar-refractivity contribution in [3.8, 4) is 11.5 Å². The second-order valence-corrected chi connectivity index (χ2v) is 12.8. The van der Waals surface area contributed by atoms with Crippen molar-refractivity contribution in [3.05, 3.63) is 107 Å². The fraction of sp³-hybridized carbons (Fsp3) is 0.263. The van der Waals surface area contributed by atoms with Crippen molar-refractivity contribution in [1.82, 2.24) is 0 Å². The molecule has 10 heteroatoms. The molecule has 3 aliphatic carbocycles. The van der Waals surface area contributed by atoms with Crippen LogP contribution in [0.2, 0.25) is 0 Å². The van der Waals surface area contributed by atoms with Gasteiger partial charge in [0.25, 0.3) is 0 Å². The van der Waals surface area contributed by atoms with E-state index in [1.165, 1.54) is 30.2 Å². The first-order valence-corrected chi connectivity index (χ1v) is 15.8. The number of azo groups is 1. The van der Waals surface area contributed by atoms with E-state index in [0.29, 0.717) is 51.5 Å². The second-order valence-electron chi connectivity index (χ2n) is 12.8. The predicted molar refractivity (Wildman–Crippen MR) is 180 cm³/mol. The van der Waals surface area contributed by atoms with Crippen LogP contribution in [0.15, 0.2) is 111 Å². The van der Waals surface area contributed by atoms with Crippen LogP contribution in [0.1, 0.15) is 31.2 Å². The van der Waals surface area contributed by atoms with Gasteiger partial charge in [0.1, 0.15) is 11.5 Å². The summed E-state index contributed by atoms with van der Waals surface area (Å²) in [5, 5.41) is 18.8. The Morgan fingerprint density at radius 3 is 2.19 bits per heavy atom. The molecule has 1 heterocycles. The minimum Gasteiger partial charge on any atom is -0.508 e. The molecular formula is C38H34N4O6. The van der Waals surface area contributed by atoms with Gasteiger partial charge in [-0.1, -0.05) is 17.7 Å². The Morgan fingerprint density at radius 1 is 0.875 bits per heavy atom. The molecule has 0 radical (unpaired) electrons. The summed E-state index contributed by atoms with van der Waals surface area (Å²) in [6.07, 6.45) is 3.80. The molecule has 0 saturated carbocycles. The maximum absolute atomic E-state index is 14.2. The molecule has 3 aromatic carbocycles. The molecule has 1 aliphatic heterocycles. The first kappa shape index (κ1) is 31.0. The Bertz CT molecular complexity index is 2010. The summed E-state index contributed by atoms with van der Waals surface area (Å²) in [6.45, 7) is 1.62. The van der Waals surface area contributed by atoms with Gasteiger partial charge in [0.15, 0.2) is 11.6 Å². The maximum atomic E-state index is 14.2. The fourth-order valence-electron chi connectivity index (χ4n) is 7.51. The summed E-state index contributed by atoms with van der Waals surface area (Å²) < 4.78 is 5.63. The van der Waals surface area contributed by atoms with Gasteiger partial charge < -0.3 is 14.7 Å². The number of ketones is 2. The largest absolute Gasteiger partial charge is 0.508 e. The van der Waals surface area contributed by atoms with Crippen molar-refractivity contribution in [3.63, 3.8) is 0 Å². The van der Waals surface area contributed by atoms with Crippen LogP contribution in [0, 0.1) is 17.8 Å². The number of hydrogen-bond acceptors (Lipinski definition) is 9. The van der Waals surface area contributed by atoms with Gasteiger partial charge in [-0.2, -0.15) is 10.2 Å². The number of nitrogens with zero attached hydrogens (tertiary/aromatic N) is 4. The molecule has 4 aliphatic rings. The molecular weight excluding hydrogens is 608 g/mol. The van der Waals surface area contributed by atoms with Gasteiger partial charge in [-0.3, -0.25) is 24.1 Å². The number of anilines is 2. The molecule has 7 rings (SSSR count). The molecule has 0 bridgehead atoms. The number of benzene rings is 3. The van der Waals surface area contributed by atoms with Crippen LogP contribution in [0.25, 0.3) is 0 Å². The van der Waals surface area contributed by atoms with E-state index in [0.717, 1.165) is 11.3 Å². The van der Waals surface area contributed by atoms with Crippen LogP contribution in [0.3, 0.4) is 0 Å². The van der Waals surface area contributed by atoms with Crippen molar-refractivity contribution in [2.75, 3.05) is 31.0 Å². The lowest BCUT2D eigenvalue weighted by atomic mass is 9.59. The number of hydrogen-bond donors (Lipinski definition) is 1. The number of allylic oxidation sites excluding steroid dienone is 6. The molecule has 0 spiro atoms. The zero-order chi connectivity index (χ0) is 33.9. The third kappa shape index (κ3) is 5.04. The van der Waals surface area contributed by atoms with E-state index in [1.807, 2.05) is 49.3 Å². The number of ether oxygens (including phenoxy) is 1. The van der Waals surface area contributed by atoms with Gasteiger partial charge in [-0.05, 0) is 86.4 Å². The van der Waals surface area contributed by atoms with E-state index in [4.69, 9.17) is 4.74 Å². The van der Waals surface area contributed by atoms with Gasteiger partial charge in [0.05, 0.1) is 36.0 Å². The van der Waals surface area contributed by atoms with E-state index in [-0.39, 0.29) is 35.6 Å². The third-order valence-electron chi connectivity index (χ3n) is 9.85. The number of phenolic OH excluding ortho intramolecular Hbond substituents is 1. The van der Waals surface area contributed by atoms with Crippen LogP contribution in [0.5, 0.6) is 11.5 Å². The van der Waals surface area contributed by atoms with Crippen LogP contribution in [0.4, 0.5) is 22.7 Å². The Balaban J connectivity index is 1.20. The second kappa shape index (κ2) is 11.9. The average molecular weight is 643 g/mol. The number of Topliss-reactive ketones (excluding diaryl/α,β-unsaturated/α-hetero) is 1. The number of aromatic hydroxyl groups is 1. The average Bonchev–Trinajstić information content (AvgIpc) is 3.35. The number of phenols is 1. The van der Waals surface area contributed by atoms with Crippen LogP contribution in [-0.4, -0.2) is 49.7 Å². The molecule has 3 aromatic rings. The molecule has 1 N–H and O–H groups in total. The monoisotopic (exact) mass is 642 g/mol. The van der Waals surface area contributed by atoms with Gasteiger partial charge in [-0.15, -0.1) is 0 Å². The predicted octanol–water partition coefficient (Wildman–Crippen LogP) is 6.52. The highest BCUT2D eigenvalue weighted by molar-refractivity contribution is 6.25. The molecule has 4 atom stereocenters. The number of rotatable bonds is 6. The standard InChI is InChI=1S/C38H34N4O6/c1-20-17-31(44)30-19-29-26(33(35(30)36(20)45)27-14-13-25(43)18-32(27)48-4)15-16-28-34(29)38(47)42(37(28)46)24-11-7-22(8-12-24)40-39-21-5-9-23(10-6-21)41(2)3/h5-15,17-18,28-29,33-34,43H,16,19H2,1-4H3. The van der Waals surface area contributed by atoms with Gasteiger partial charge >= 0.3 is 0 Å². The normalized spacial score (nSPS) is 23.5. The van der Waals surface area contributed by atoms with Crippen LogP contribution < -0.4 is 14.5 Å². The van der Waals surface area contributed by atoms with Crippen molar-refractivity contribution < 1.29 is 29.0 Å². The van der Waals surface area contributed by atoms with Gasteiger partial charge in [0.2, 0.25) is 11.8 Å². The van der Waals surface area contributed by atoms with E-state index in [9.17, 15) is 24.3 Å². The molecule has 242 valence electrons. The Hall–Kier alpha value is -5.64. The lowest BCUT2D eigenvalue weighted by Crippen LogP contribution is -2.40. The smallest absolute Gasteiger partial charge is 0.238 e. The number of methoxy groups -OCH3 is 1. The van der Waals surface area contributed by atoms with Crippen molar-refractivity contribution in [1.29, 1.82) is 0 Å². The zero-order valence-electron chi connectivity index (χ0n) is 27.0. The highest BCUT2D eigenvalue weighted by atomic mass is 16.5. The number of fused-ring (bicyclic) bond motifs is 3. The Kier molecular flexibility index (Phi) is 7.66. The van der Waals surface area contributed by atoms with Crippen LogP contribution >= 0.6 is 0 Å². The Labute approximate surface area is 277 Å². The SMILES string of the molecule is COc1cc(O)ccc1C1C2=CCC3C(=O)N(c4ccc(N=Nc5ccc(N(C)C)cc5)cc4)C(=O)C3C2CC2=C1C(=O)C(C)=CC2=O. The van der Waals surface area contributed by atoms with Crippen LogP contribution in [-0.2, 0) is 19.2 Å². The number of carbonyl (C=O) groups excluding carboxylic acids is 4. The molecule has 48 heavy (non-hydrogen) atoms. The summed E-state index contributed by atoms with van der Waals surface area (Å²) >= 11 is 0. The summed E-state index contributed by atoms with van der Waals surface area (Å²) in [5.41, 5.74) is 5.25. The van der Waals surface area contributed by atoms with Gasteiger partial charge in [0, 0.05) is 54.0 Å². The molecule has 4 unspecified atom stereocenters. The summed E-state index contributed by atoms with van der Waals surface area (Å²) in [5.74, 6) is -3.24. The first-order valence-electron chi connectivity index (χ1n) is 15.8. The number of amides is 2. The molecule has 2 amide bonds. The number of imide groups is 1. The minimum absolute atomic E-state index is 0.00432. The molecule has 10 nitrogen and oxygen atoms in total. The quantitative estimate of drug-likeness (QED) is 0.140. The summed E-state index contributed by atoms with van der Waals surface area (Å²) in [6, 6.07) is 19.1. The fourth-order valence-corrected chi connectivity index (χ4v) is 7.51. The molecule has 1 fully saturated rings. The summed E-state index contributed by atoms with van der Waals surface area (Å²) in [7, 11) is 5.40. The third-order valence-corrected chi connectivity index (χ3v) is 9.85. The topological polar surface area (TPSA) is 129 Å². The van der Waals surface area contributed by atoms with E-state index in [1.54, 1.807) is 37.3 Å². The first-order chi connectivity index (χ1) is 23.1. The summed E-state index contributed by atoms with van der Waals surface area (Å²) in [4.78, 5) is 58.4. The highest BCUT2D eigenvalue weighted by Crippen LogP contribution is 2.56. The lowest BCUT2D eigenvalue weighted by Gasteiger charge is -2.42. The van der Waals surface area contributed by atoms with E-state index < -0.39 is 23.7 Å². The minimum atomic E-state index is -0.712. The van der Waals surface area contributed by atoms with Crippen molar-refractivity contribution in [2.45, 2.75) is 25.7 Å². The van der Waals surface area contributed by atoms with E-state index in [2.05, 4.69) is 10.2 Å². The van der Waals surface area contributed by atoms with E-state index >= 15 is 0 Å². The molecule has 1 saturated heterocycles. The van der Waals surface area contributed by atoms with Gasteiger partial charge in [-0.25, -0.2) is 0 Å². The number of carbonyl (C=O) groups is 4. The van der Waals surface area contributed by atoms with Crippen molar-refractivity contribution in [2.24, 2.45) is 28.0 Å². The maximum Gasteiger partial charge on any atom is 0.238 e. The highest BCUT2D eigenvalue weighted by Gasteiger charge is 2.56.